The van der Waals surface area contributed by atoms with Crippen molar-refractivity contribution >= 4 is 16.9 Å². The second-order valence-corrected chi connectivity index (χ2v) is 4.20. The van der Waals surface area contributed by atoms with Crippen LogP contribution >= 0.6 is 0 Å². The summed E-state index contributed by atoms with van der Waals surface area (Å²) in [6.45, 7) is 0.342. The highest BCUT2D eigenvalue weighted by Gasteiger charge is 2.10. The van der Waals surface area contributed by atoms with Crippen LogP contribution in [0.2, 0.25) is 0 Å². The highest BCUT2D eigenvalue weighted by Crippen LogP contribution is 2.16. The quantitative estimate of drug-likeness (QED) is 0.772. The molecule has 0 spiro atoms. The summed E-state index contributed by atoms with van der Waals surface area (Å²) in [5.74, 6) is 1.96. The van der Waals surface area contributed by atoms with E-state index in [9.17, 15) is 0 Å². The van der Waals surface area contributed by atoms with Gasteiger partial charge in [0.15, 0.2) is 11.6 Å². The minimum Gasteiger partial charge on any atom is -0.377 e. The normalized spacial score (nSPS) is 10.9. The van der Waals surface area contributed by atoms with Crippen LogP contribution in [0.1, 0.15) is 5.82 Å². The summed E-state index contributed by atoms with van der Waals surface area (Å²) in [4.78, 5) is 8.77. The average molecular weight is 270 g/mol. The van der Waals surface area contributed by atoms with Crippen molar-refractivity contribution < 1.29 is 4.74 Å². The van der Waals surface area contributed by atoms with Crippen LogP contribution < -0.4 is 5.32 Å². The number of rotatable bonds is 4. The maximum Gasteiger partial charge on any atom is 0.161 e. The predicted octanol–water partition coefficient (Wildman–Crippen LogP) is 1.40. The summed E-state index contributed by atoms with van der Waals surface area (Å²) in [6.07, 6.45) is 0. The first-order valence-corrected chi connectivity index (χ1v) is 6.17. The Hall–Kier alpha value is -2.54. The minimum absolute atomic E-state index is 0.342. The zero-order chi connectivity index (χ0) is 13.9. The predicted molar refractivity (Wildman–Crippen MR) is 74.7 cm³/mol. The summed E-state index contributed by atoms with van der Waals surface area (Å²) in [7, 11) is 3.42. The van der Waals surface area contributed by atoms with Crippen molar-refractivity contribution in [1.29, 1.82) is 0 Å². The topological polar surface area (TPSA) is 77.8 Å². The van der Waals surface area contributed by atoms with E-state index in [0.29, 0.717) is 24.1 Å². The van der Waals surface area contributed by atoms with Crippen LogP contribution in [0.3, 0.4) is 0 Å². The number of para-hydroxylation sites is 1. The fraction of sp³-hybridized carbons (Fsp3) is 0.231. The lowest BCUT2D eigenvalue weighted by Gasteiger charge is -2.07. The molecule has 1 aromatic carbocycles. The molecule has 0 saturated carbocycles. The van der Waals surface area contributed by atoms with Gasteiger partial charge in [-0.25, -0.2) is 9.97 Å². The van der Waals surface area contributed by atoms with Crippen LogP contribution in [0.25, 0.3) is 16.9 Å². The third-order valence-electron chi connectivity index (χ3n) is 2.86. The van der Waals surface area contributed by atoms with Gasteiger partial charge < -0.3 is 10.1 Å². The van der Waals surface area contributed by atoms with E-state index in [4.69, 9.17) is 4.74 Å². The lowest BCUT2D eigenvalue weighted by molar-refractivity contribution is 0.178. The summed E-state index contributed by atoms with van der Waals surface area (Å²) in [5, 5.41) is 11.3. The molecule has 7 heteroatoms. The molecule has 0 bridgehead atoms. The number of hydrogen-bond donors (Lipinski definition) is 1. The lowest BCUT2D eigenvalue weighted by atomic mass is 10.3. The number of anilines is 1. The first-order valence-electron chi connectivity index (χ1n) is 6.17. The molecule has 3 rings (SSSR count). The second kappa shape index (κ2) is 5.22. The summed E-state index contributed by atoms with van der Waals surface area (Å²) >= 11 is 0. The number of aromatic nitrogens is 5. The molecule has 7 nitrogen and oxygen atoms in total. The fourth-order valence-corrected chi connectivity index (χ4v) is 1.95. The van der Waals surface area contributed by atoms with Crippen LogP contribution in [0.4, 0.5) is 5.82 Å². The fourth-order valence-electron chi connectivity index (χ4n) is 1.95. The molecule has 0 atom stereocenters. The highest BCUT2D eigenvalue weighted by molar-refractivity contribution is 5.75. The standard InChI is InChI=1S/C13H14N6O/c1-14-11-7-13(16-12(15-11)8-20-2)19-10-6-4-3-5-9(10)17-18-19/h3-7H,8H2,1-2H3,(H,14,15,16). The number of benzene rings is 1. The van der Waals surface area contributed by atoms with Crippen LogP contribution in [0, 0.1) is 0 Å². The molecule has 102 valence electrons. The molecule has 3 aromatic rings. The Morgan fingerprint density at radius 2 is 2.10 bits per heavy atom. The van der Waals surface area contributed by atoms with Crippen molar-refractivity contribution in [3.05, 3.63) is 36.2 Å². The second-order valence-electron chi connectivity index (χ2n) is 4.20. The Labute approximate surface area is 115 Å². The van der Waals surface area contributed by atoms with Gasteiger partial charge in [-0.05, 0) is 12.1 Å². The number of nitrogens with one attached hydrogen (secondary N) is 1. The third kappa shape index (κ3) is 2.19. The molecule has 0 aliphatic carbocycles. The SMILES string of the molecule is CNc1cc(-n2nnc3ccccc32)nc(COC)n1. The molecule has 0 aliphatic rings. The third-order valence-corrected chi connectivity index (χ3v) is 2.86. The van der Waals surface area contributed by atoms with Crippen molar-refractivity contribution in [1.82, 2.24) is 25.0 Å². The Balaban J connectivity index is 2.15. The molecule has 1 N–H and O–H groups in total. The Morgan fingerprint density at radius 1 is 1.25 bits per heavy atom. The van der Waals surface area contributed by atoms with E-state index in [2.05, 4.69) is 25.6 Å². The smallest absolute Gasteiger partial charge is 0.161 e. The first kappa shape index (κ1) is 12.5. The van der Waals surface area contributed by atoms with Gasteiger partial charge in [0.25, 0.3) is 0 Å². The van der Waals surface area contributed by atoms with Crippen molar-refractivity contribution in [2.45, 2.75) is 6.61 Å². The van der Waals surface area contributed by atoms with Gasteiger partial charge in [0.1, 0.15) is 17.9 Å². The van der Waals surface area contributed by atoms with Gasteiger partial charge in [-0.15, -0.1) is 5.10 Å². The van der Waals surface area contributed by atoms with E-state index in [1.807, 2.05) is 37.4 Å². The minimum atomic E-state index is 0.342. The van der Waals surface area contributed by atoms with Gasteiger partial charge in [-0.2, -0.15) is 4.68 Å². The molecule has 0 aliphatic heterocycles. The van der Waals surface area contributed by atoms with Crippen LogP contribution in [-0.2, 0) is 11.3 Å². The number of methoxy groups -OCH3 is 1. The molecule has 2 heterocycles. The molecule has 0 saturated heterocycles. The largest absolute Gasteiger partial charge is 0.377 e. The maximum atomic E-state index is 5.09. The van der Waals surface area contributed by atoms with Gasteiger partial charge >= 0.3 is 0 Å². The maximum absolute atomic E-state index is 5.09. The van der Waals surface area contributed by atoms with Gasteiger partial charge in [0, 0.05) is 20.2 Å². The molecule has 0 unspecified atom stereocenters. The van der Waals surface area contributed by atoms with E-state index in [-0.39, 0.29) is 0 Å². The van der Waals surface area contributed by atoms with Crippen molar-refractivity contribution in [3.8, 4) is 5.82 Å². The Kier molecular flexibility index (Phi) is 3.26. The van der Waals surface area contributed by atoms with Crippen LogP contribution in [-0.4, -0.2) is 39.1 Å². The number of ether oxygens (including phenoxy) is 1. The van der Waals surface area contributed by atoms with Gasteiger partial charge in [-0.3, -0.25) is 0 Å². The number of hydrogen-bond acceptors (Lipinski definition) is 6. The molecule has 0 radical (unpaired) electrons. The molecule has 0 fully saturated rings. The molecular formula is C13H14N6O. The first-order chi connectivity index (χ1) is 9.81. The summed E-state index contributed by atoms with van der Waals surface area (Å²) in [6, 6.07) is 9.55. The van der Waals surface area contributed by atoms with Crippen LogP contribution in [0.15, 0.2) is 30.3 Å². The molecule has 2 aromatic heterocycles. The van der Waals surface area contributed by atoms with Gasteiger partial charge in [-0.1, -0.05) is 17.3 Å². The van der Waals surface area contributed by atoms with E-state index in [1.54, 1.807) is 11.8 Å². The molecular weight excluding hydrogens is 256 g/mol. The van der Waals surface area contributed by atoms with E-state index < -0.39 is 0 Å². The molecule has 20 heavy (non-hydrogen) atoms. The number of fused-ring (bicyclic) bond motifs is 1. The van der Waals surface area contributed by atoms with E-state index in [1.165, 1.54) is 0 Å². The molecule has 0 amide bonds. The highest BCUT2D eigenvalue weighted by atomic mass is 16.5. The Morgan fingerprint density at radius 3 is 2.90 bits per heavy atom. The van der Waals surface area contributed by atoms with Crippen molar-refractivity contribution in [2.24, 2.45) is 0 Å². The summed E-state index contributed by atoms with van der Waals surface area (Å²) < 4.78 is 6.78. The van der Waals surface area contributed by atoms with E-state index in [0.717, 1.165) is 11.0 Å². The van der Waals surface area contributed by atoms with Gasteiger partial charge in [0.05, 0.1) is 5.52 Å². The zero-order valence-corrected chi connectivity index (χ0v) is 11.2. The Bertz CT molecular complexity index is 739. The zero-order valence-electron chi connectivity index (χ0n) is 11.2. The van der Waals surface area contributed by atoms with E-state index >= 15 is 0 Å². The monoisotopic (exact) mass is 270 g/mol. The average Bonchev–Trinajstić information content (AvgIpc) is 2.91. The number of nitrogens with zero attached hydrogens (tertiary/aromatic N) is 5. The lowest BCUT2D eigenvalue weighted by Crippen LogP contribution is -2.07. The summed E-state index contributed by atoms with van der Waals surface area (Å²) in [5.41, 5.74) is 1.72. The van der Waals surface area contributed by atoms with Crippen molar-refractivity contribution in [3.63, 3.8) is 0 Å². The van der Waals surface area contributed by atoms with Gasteiger partial charge in [0.2, 0.25) is 0 Å². The van der Waals surface area contributed by atoms with Crippen LogP contribution in [0.5, 0.6) is 0 Å². The van der Waals surface area contributed by atoms with Crippen molar-refractivity contribution in [2.75, 3.05) is 19.5 Å².